The van der Waals surface area contributed by atoms with E-state index >= 15 is 0 Å². The van der Waals surface area contributed by atoms with Gasteiger partial charge in [-0.15, -0.1) is 0 Å². The summed E-state index contributed by atoms with van der Waals surface area (Å²) in [5.41, 5.74) is 0. The normalized spacial score (nSPS) is 23.0. The monoisotopic (exact) mass is 172 g/mol. The Kier molecular flexibility index (Phi) is 3.34. The largest absolute Gasteiger partial charge is 0.443 e. The highest BCUT2D eigenvalue weighted by atomic mass is 16.6. The molecular weight excluding hydrogens is 156 g/mol. The van der Waals surface area contributed by atoms with E-state index < -0.39 is 0 Å². The first-order valence-electron chi connectivity index (χ1n) is 4.38. The summed E-state index contributed by atoms with van der Waals surface area (Å²) >= 11 is 0. The third-order valence-electron chi connectivity index (χ3n) is 1.88. The van der Waals surface area contributed by atoms with E-state index in [1.54, 1.807) is 4.90 Å². The molecule has 0 spiro atoms. The molecule has 1 atom stereocenters. The van der Waals surface area contributed by atoms with Crippen molar-refractivity contribution in [3.05, 3.63) is 0 Å². The Morgan fingerprint density at radius 1 is 1.75 bits per heavy atom. The number of amides is 1. The summed E-state index contributed by atoms with van der Waals surface area (Å²) in [6.45, 7) is 4.33. The van der Waals surface area contributed by atoms with E-state index in [2.05, 4.69) is 12.2 Å². The molecule has 1 rings (SSSR count). The smallest absolute Gasteiger partial charge is 0.410 e. The molecule has 1 aliphatic rings. The molecule has 1 unspecified atom stereocenters. The van der Waals surface area contributed by atoms with E-state index in [1.807, 2.05) is 7.05 Å². The number of likely N-dealkylation sites (N-methyl/N-ethyl adjacent to an activating group) is 1. The molecule has 1 fully saturated rings. The number of carbonyl (C=O) groups excluding carboxylic acids is 1. The maximum absolute atomic E-state index is 11.1. The molecule has 70 valence electrons. The molecule has 1 saturated heterocycles. The minimum Gasteiger partial charge on any atom is -0.443 e. The molecule has 1 heterocycles. The Bertz CT molecular complexity index is 161. The van der Waals surface area contributed by atoms with E-state index in [9.17, 15) is 4.79 Å². The standard InChI is InChI=1S/C8H16N2O2/c1-3-4-10-6-7(5-9-2)12-8(10)11/h7,9H,3-6H2,1-2H3. The molecule has 1 N–H and O–H groups in total. The summed E-state index contributed by atoms with van der Waals surface area (Å²) < 4.78 is 5.09. The van der Waals surface area contributed by atoms with Crippen LogP contribution in [0.1, 0.15) is 13.3 Å². The topological polar surface area (TPSA) is 41.6 Å². The van der Waals surface area contributed by atoms with E-state index in [4.69, 9.17) is 4.74 Å². The van der Waals surface area contributed by atoms with Crippen molar-refractivity contribution in [2.45, 2.75) is 19.4 Å². The lowest BCUT2D eigenvalue weighted by atomic mass is 10.3. The van der Waals surface area contributed by atoms with Crippen LogP contribution in [0.5, 0.6) is 0 Å². The fourth-order valence-electron chi connectivity index (χ4n) is 1.36. The summed E-state index contributed by atoms with van der Waals surface area (Å²) in [7, 11) is 1.86. The number of carbonyl (C=O) groups is 1. The van der Waals surface area contributed by atoms with Gasteiger partial charge in [0.05, 0.1) is 6.54 Å². The van der Waals surface area contributed by atoms with Gasteiger partial charge in [-0.1, -0.05) is 6.92 Å². The Morgan fingerprint density at radius 2 is 2.50 bits per heavy atom. The van der Waals surface area contributed by atoms with Crippen molar-refractivity contribution in [3.8, 4) is 0 Å². The molecule has 1 amide bonds. The van der Waals surface area contributed by atoms with Gasteiger partial charge in [-0.2, -0.15) is 0 Å². The first kappa shape index (κ1) is 9.32. The number of hydrogen-bond donors (Lipinski definition) is 1. The van der Waals surface area contributed by atoms with Crippen LogP contribution in [0.15, 0.2) is 0 Å². The first-order chi connectivity index (χ1) is 5.77. The number of nitrogens with zero attached hydrogens (tertiary/aromatic N) is 1. The zero-order valence-corrected chi connectivity index (χ0v) is 7.67. The Hall–Kier alpha value is -0.770. The van der Waals surface area contributed by atoms with Gasteiger partial charge >= 0.3 is 6.09 Å². The minimum atomic E-state index is -0.169. The summed E-state index contributed by atoms with van der Waals surface area (Å²) in [5.74, 6) is 0. The fourth-order valence-corrected chi connectivity index (χ4v) is 1.36. The van der Waals surface area contributed by atoms with Crippen molar-refractivity contribution in [2.24, 2.45) is 0 Å². The predicted molar refractivity (Wildman–Crippen MR) is 46.1 cm³/mol. The highest BCUT2D eigenvalue weighted by molar-refractivity contribution is 5.69. The van der Waals surface area contributed by atoms with Crippen LogP contribution in [0.2, 0.25) is 0 Å². The van der Waals surface area contributed by atoms with Gasteiger partial charge in [-0.05, 0) is 13.5 Å². The molecule has 0 saturated carbocycles. The van der Waals surface area contributed by atoms with E-state index in [0.29, 0.717) is 0 Å². The van der Waals surface area contributed by atoms with Crippen molar-refractivity contribution in [1.29, 1.82) is 0 Å². The van der Waals surface area contributed by atoms with Gasteiger partial charge in [0.25, 0.3) is 0 Å². The molecule has 4 nitrogen and oxygen atoms in total. The van der Waals surface area contributed by atoms with Crippen LogP contribution in [0.25, 0.3) is 0 Å². The molecule has 0 aromatic rings. The quantitative estimate of drug-likeness (QED) is 0.669. The van der Waals surface area contributed by atoms with Crippen LogP contribution in [-0.2, 0) is 4.74 Å². The molecule has 0 radical (unpaired) electrons. The molecular formula is C8H16N2O2. The first-order valence-corrected chi connectivity index (χ1v) is 4.38. The number of hydrogen-bond acceptors (Lipinski definition) is 3. The van der Waals surface area contributed by atoms with Gasteiger partial charge in [-0.25, -0.2) is 4.79 Å². The number of rotatable bonds is 4. The SMILES string of the molecule is CCCN1CC(CNC)OC1=O. The highest BCUT2D eigenvalue weighted by Gasteiger charge is 2.29. The predicted octanol–water partition coefficient (Wildman–Crippen LogP) is 0.437. The highest BCUT2D eigenvalue weighted by Crippen LogP contribution is 2.10. The van der Waals surface area contributed by atoms with Crippen molar-refractivity contribution in [2.75, 3.05) is 26.7 Å². The maximum Gasteiger partial charge on any atom is 0.410 e. The second kappa shape index (κ2) is 4.30. The van der Waals surface area contributed by atoms with Crippen LogP contribution >= 0.6 is 0 Å². The number of ether oxygens (including phenoxy) is 1. The summed E-state index contributed by atoms with van der Waals surface area (Å²) in [4.78, 5) is 12.9. The van der Waals surface area contributed by atoms with Gasteiger partial charge in [0.1, 0.15) is 6.10 Å². The van der Waals surface area contributed by atoms with Crippen LogP contribution in [0, 0.1) is 0 Å². The van der Waals surface area contributed by atoms with Gasteiger partial charge in [-0.3, -0.25) is 0 Å². The summed E-state index contributed by atoms with van der Waals surface area (Å²) in [6.07, 6.45) is 0.854. The van der Waals surface area contributed by atoms with Gasteiger partial charge in [0.2, 0.25) is 0 Å². The molecule has 0 bridgehead atoms. The molecule has 4 heteroatoms. The van der Waals surface area contributed by atoms with E-state index in [0.717, 1.165) is 26.1 Å². The number of cyclic esters (lactones) is 1. The van der Waals surface area contributed by atoms with Crippen molar-refractivity contribution < 1.29 is 9.53 Å². The lowest BCUT2D eigenvalue weighted by Gasteiger charge is -2.10. The minimum absolute atomic E-state index is 0.0362. The van der Waals surface area contributed by atoms with Crippen LogP contribution < -0.4 is 5.32 Å². The van der Waals surface area contributed by atoms with Crippen LogP contribution in [-0.4, -0.2) is 43.8 Å². The lowest BCUT2D eigenvalue weighted by Crippen LogP contribution is -2.29. The zero-order chi connectivity index (χ0) is 8.97. The second-order valence-corrected chi connectivity index (χ2v) is 3.01. The van der Waals surface area contributed by atoms with Crippen molar-refractivity contribution in [1.82, 2.24) is 10.2 Å². The van der Waals surface area contributed by atoms with Crippen molar-refractivity contribution in [3.63, 3.8) is 0 Å². The Morgan fingerprint density at radius 3 is 3.08 bits per heavy atom. The maximum atomic E-state index is 11.1. The Balaban J connectivity index is 2.34. The van der Waals surface area contributed by atoms with Gasteiger partial charge in [0.15, 0.2) is 0 Å². The third kappa shape index (κ3) is 2.11. The molecule has 0 aliphatic carbocycles. The van der Waals surface area contributed by atoms with Gasteiger partial charge in [0, 0.05) is 13.1 Å². The fraction of sp³-hybridized carbons (Fsp3) is 0.875. The van der Waals surface area contributed by atoms with Gasteiger partial charge < -0.3 is 15.0 Å². The third-order valence-corrected chi connectivity index (χ3v) is 1.88. The average molecular weight is 172 g/mol. The van der Waals surface area contributed by atoms with Crippen molar-refractivity contribution >= 4 is 6.09 Å². The van der Waals surface area contributed by atoms with Crippen LogP contribution in [0.4, 0.5) is 4.79 Å². The Labute approximate surface area is 72.9 Å². The number of nitrogens with one attached hydrogen (secondary N) is 1. The second-order valence-electron chi connectivity index (χ2n) is 3.01. The summed E-state index contributed by atoms with van der Waals surface area (Å²) in [5, 5.41) is 2.99. The average Bonchev–Trinajstić information content (AvgIpc) is 2.34. The summed E-state index contributed by atoms with van der Waals surface area (Å²) in [6, 6.07) is 0. The van der Waals surface area contributed by atoms with E-state index in [-0.39, 0.29) is 12.2 Å². The van der Waals surface area contributed by atoms with Crippen LogP contribution in [0.3, 0.4) is 0 Å². The lowest BCUT2D eigenvalue weighted by molar-refractivity contribution is 0.132. The molecule has 0 aromatic heterocycles. The molecule has 1 aliphatic heterocycles. The van der Waals surface area contributed by atoms with E-state index in [1.165, 1.54) is 0 Å². The zero-order valence-electron chi connectivity index (χ0n) is 7.67. The molecule has 0 aromatic carbocycles. The molecule has 12 heavy (non-hydrogen) atoms.